The van der Waals surface area contributed by atoms with E-state index < -0.39 is 0 Å². The molecular weight excluding hydrogens is 223 g/mol. The van der Waals surface area contributed by atoms with Crippen LogP contribution < -0.4 is 0 Å². The molecule has 0 atom stereocenters. The number of carbonyl (C=O) groups is 1. The minimum atomic E-state index is 0.232. The van der Waals surface area contributed by atoms with Crippen LogP contribution in [0.4, 0.5) is 3.89 Å². The van der Waals surface area contributed by atoms with Crippen molar-refractivity contribution in [3.8, 4) is 11.1 Å². The van der Waals surface area contributed by atoms with Crippen molar-refractivity contribution in [2.75, 3.05) is 0 Å². The van der Waals surface area contributed by atoms with Gasteiger partial charge in [-0.05, 0) is 23.3 Å². The van der Waals surface area contributed by atoms with Crippen LogP contribution in [0.25, 0.3) is 11.1 Å². The molecule has 0 radical (unpaired) electrons. The van der Waals surface area contributed by atoms with Crippen molar-refractivity contribution in [1.29, 1.82) is 0 Å². The number of benzene rings is 2. The third-order valence-corrected chi connectivity index (χ3v) is 2.77. The molecule has 0 aliphatic rings. The maximum absolute atomic E-state index is 12.2. The summed E-state index contributed by atoms with van der Waals surface area (Å²) in [6.45, 7) is 0. The van der Waals surface area contributed by atoms with Gasteiger partial charge in [0.15, 0.2) is 0 Å². The van der Waals surface area contributed by atoms with Gasteiger partial charge in [-0.25, -0.2) is 0 Å². The molecule has 0 N–H and O–H groups in total. The molecule has 0 spiro atoms. The quantitative estimate of drug-likeness (QED) is 0.740. The average molecular weight is 232 g/mol. The smallest absolute Gasteiger partial charge is 0.150 e. The second-order valence-corrected chi connectivity index (χ2v) is 3.97. The highest BCUT2D eigenvalue weighted by Crippen LogP contribution is 2.24. The molecule has 0 amide bonds. The molecule has 0 aromatic heterocycles. The van der Waals surface area contributed by atoms with Gasteiger partial charge in [-0.3, -0.25) is 4.79 Å². The number of hydrogen-bond acceptors (Lipinski definition) is 2. The summed E-state index contributed by atoms with van der Waals surface area (Å²) in [4.78, 5) is 11.1. The molecule has 16 heavy (non-hydrogen) atoms. The predicted molar refractivity (Wildman–Crippen MR) is 64.2 cm³/mol. The summed E-state index contributed by atoms with van der Waals surface area (Å²) in [7, 11) is 0. The molecule has 2 rings (SSSR count). The number of halogens is 1. The Kier molecular flexibility index (Phi) is 3.37. The standard InChI is InChI=1S/C13H9FOS/c14-16-13-7-5-12(6-8-13)11-3-1-10(9-15)2-4-11/h1-9H. The predicted octanol–water partition coefficient (Wildman–Crippen LogP) is 4.14. The minimum absolute atomic E-state index is 0.232. The van der Waals surface area contributed by atoms with E-state index >= 15 is 0 Å². The molecule has 3 heteroatoms. The summed E-state index contributed by atoms with van der Waals surface area (Å²) in [5.74, 6) is 0. The fraction of sp³-hybridized carbons (Fsp3) is 0. The van der Waals surface area contributed by atoms with E-state index in [1.807, 2.05) is 24.3 Å². The fourth-order valence-corrected chi connectivity index (χ4v) is 1.69. The van der Waals surface area contributed by atoms with Crippen molar-refractivity contribution in [3.63, 3.8) is 0 Å². The molecule has 0 saturated heterocycles. The molecule has 2 aromatic carbocycles. The zero-order chi connectivity index (χ0) is 11.4. The first-order valence-corrected chi connectivity index (χ1v) is 5.49. The highest BCUT2D eigenvalue weighted by Gasteiger charge is 1.98. The van der Waals surface area contributed by atoms with Crippen LogP contribution in [0.2, 0.25) is 0 Å². The largest absolute Gasteiger partial charge is 0.298 e. The van der Waals surface area contributed by atoms with Crippen molar-refractivity contribution < 1.29 is 8.68 Å². The lowest BCUT2D eigenvalue weighted by molar-refractivity contribution is 0.112. The van der Waals surface area contributed by atoms with Gasteiger partial charge in [-0.2, -0.15) is 3.89 Å². The average Bonchev–Trinajstić information content (AvgIpc) is 2.39. The van der Waals surface area contributed by atoms with Crippen molar-refractivity contribution in [1.82, 2.24) is 0 Å². The van der Waals surface area contributed by atoms with Crippen LogP contribution in [0.15, 0.2) is 53.4 Å². The summed E-state index contributed by atoms with van der Waals surface area (Å²) in [6.07, 6.45) is 0.812. The Balaban J connectivity index is 2.31. The van der Waals surface area contributed by atoms with E-state index in [2.05, 4.69) is 0 Å². The van der Waals surface area contributed by atoms with Gasteiger partial charge in [0.1, 0.15) is 6.29 Å². The fourth-order valence-electron chi connectivity index (χ4n) is 1.45. The topological polar surface area (TPSA) is 17.1 Å². The molecule has 0 aliphatic heterocycles. The van der Waals surface area contributed by atoms with Gasteiger partial charge in [-0.1, -0.05) is 36.4 Å². The van der Waals surface area contributed by atoms with Crippen LogP contribution in [0.5, 0.6) is 0 Å². The Bertz CT molecular complexity index is 476. The Morgan fingerprint density at radius 1 is 0.875 bits per heavy atom. The van der Waals surface area contributed by atoms with E-state index in [0.717, 1.165) is 17.4 Å². The molecule has 0 heterocycles. The first kappa shape index (κ1) is 10.9. The normalized spacial score (nSPS) is 10.1. The molecule has 0 aliphatic carbocycles. The second-order valence-electron chi connectivity index (χ2n) is 3.34. The molecule has 0 unspecified atom stereocenters. The maximum atomic E-state index is 12.2. The van der Waals surface area contributed by atoms with Crippen molar-refractivity contribution in [3.05, 3.63) is 54.1 Å². The van der Waals surface area contributed by atoms with Gasteiger partial charge in [-0.15, -0.1) is 0 Å². The molecule has 0 saturated carbocycles. The molecular formula is C13H9FOS. The Labute approximate surface area is 97.6 Å². The first-order valence-electron chi connectivity index (χ1n) is 4.78. The molecule has 1 nitrogen and oxygen atoms in total. The van der Waals surface area contributed by atoms with E-state index in [9.17, 15) is 8.68 Å². The summed E-state index contributed by atoms with van der Waals surface area (Å²) >= 11 is 0.232. The highest BCUT2D eigenvalue weighted by molar-refractivity contribution is 7.94. The number of hydrogen-bond donors (Lipinski definition) is 0. The SMILES string of the molecule is O=Cc1ccc(-c2ccc(SF)cc2)cc1. The minimum Gasteiger partial charge on any atom is -0.298 e. The van der Waals surface area contributed by atoms with Crippen LogP contribution in [0.3, 0.4) is 0 Å². The Hall–Kier alpha value is -1.61. The van der Waals surface area contributed by atoms with Gasteiger partial charge < -0.3 is 0 Å². The zero-order valence-corrected chi connectivity index (χ0v) is 9.21. The van der Waals surface area contributed by atoms with Crippen LogP contribution in [-0.4, -0.2) is 6.29 Å². The van der Waals surface area contributed by atoms with Gasteiger partial charge in [0.05, 0.1) is 12.1 Å². The van der Waals surface area contributed by atoms with Crippen molar-refractivity contribution in [2.24, 2.45) is 0 Å². The lowest BCUT2D eigenvalue weighted by Crippen LogP contribution is -1.81. The maximum Gasteiger partial charge on any atom is 0.150 e. The third kappa shape index (κ3) is 2.31. The van der Waals surface area contributed by atoms with Gasteiger partial charge in [0.25, 0.3) is 0 Å². The summed E-state index contributed by atoms with van der Waals surface area (Å²) < 4.78 is 12.2. The van der Waals surface area contributed by atoms with Gasteiger partial charge in [0.2, 0.25) is 0 Å². The van der Waals surface area contributed by atoms with E-state index in [-0.39, 0.29) is 12.1 Å². The van der Waals surface area contributed by atoms with Crippen LogP contribution >= 0.6 is 12.1 Å². The van der Waals surface area contributed by atoms with E-state index in [1.165, 1.54) is 0 Å². The third-order valence-electron chi connectivity index (χ3n) is 2.32. The van der Waals surface area contributed by atoms with Crippen LogP contribution in [0, 0.1) is 0 Å². The number of carbonyl (C=O) groups excluding carboxylic acids is 1. The second kappa shape index (κ2) is 4.94. The zero-order valence-electron chi connectivity index (χ0n) is 8.39. The Morgan fingerprint density at radius 3 is 1.81 bits per heavy atom. The molecule has 2 aromatic rings. The van der Waals surface area contributed by atoms with E-state index in [1.54, 1.807) is 24.3 Å². The number of aldehydes is 1. The van der Waals surface area contributed by atoms with Crippen LogP contribution in [-0.2, 0) is 0 Å². The summed E-state index contributed by atoms with van der Waals surface area (Å²) in [5.41, 5.74) is 2.68. The first-order chi connectivity index (χ1) is 7.83. The molecule has 0 fully saturated rings. The van der Waals surface area contributed by atoms with E-state index in [4.69, 9.17) is 0 Å². The van der Waals surface area contributed by atoms with Gasteiger partial charge >= 0.3 is 0 Å². The van der Waals surface area contributed by atoms with Gasteiger partial charge in [0, 0.05) is 10.5 Å². The number of rotatable bonds is 3. The summed E-state index contributed by atoms with van der Waals surface area (Å²) in [5, 5.41) is 0. The molecule has 0 bridgehead atoms. The Morgan fingerprint density at radius 2 is 1.38 bits per heavy atom. The monoisotopic (exact) mass is 232 g/mol. The van der Waals surface area contributed by atoms with Crippen molar-refractivity contribution >= 4 is 18.4 Å². The van der Waals surface area contributed by atoms with E-state index in [0.29, 0.717) is 10.5 Å². The highest BCUT2D eigenvalue weighted by atomic mass is 32.2. The lowest BCUT2D eigenvalue weighted by Gasteiger charge is -2.02. The lowest BCUT2D eigenvalue weighted by atomic mass is 10.0. The molecule has 80 valence electrons. The van der Waals surface area contributed by atoms with Crippen LogP contribution in [0.1, 0.15) is 10.4 Å². The summed E-state index contributed by atoms with van der Waals surface area (Å²) in [6, 6.07) is 14.5. The van der Waals surface area contributed by atoms with Crippen molar-refractivity contribution in [2.45, 2.75) is 4.90 Å².